The van der Waals surface area contributed by atoms with Crippen LogP contribution in [-0.2, 0) is 6.54 Å². The normalized spacial score (nSPS) is 12.6. The number of rotatable bonds is 4. The Bertz CT molecular complexity index is 542. The van der Waals surface area contributed by atoms with E-state index in [0.29, 0.717) is 12.3 Å². The number of nitrogens with one attached hydrogen (secondary N) is 1. The average Bonchev–Trinajstić information content (AvgIpc) is 2.77. The van der Waals surface area contributed by atoms with Gasteiger partial charge in [-0.15, -0.1) is 11.3 Å². The topological polar surface area (TPSA) is 45.2 Å². The number of hydrogen-bond donors (Lipinski definition) is 2. The Morgan fingerprint density at radius 2 is 2.28 bits per heavy atom. The fraction of sp³-hybridized carbons (Fsp3) is 0.308. The maximum Gasteiger partial charge on any atom is 0.134 e. The molecule has 2 N–H and O–H groups in total. The summed E-state index contributed by atoms with van der Waals surface area (Å²) in [4.78, 5) is 5.56. The minimum Gasteiger partial charge on any atom is -0.506 e. The van der Waals surface area contributed by atoms with Gasteiger partial charge in [0, 0.05) is 23.2 Å². The number of aromatic nitrogens is 1. The van der Waals surface area contributed by atoms with Crippen LogP contribution < -0.4 is 5.32 Å². The molecule has 2 rings (SSSR count). The van der Waals surface area contributed by atoms with Gasteiger partial charge in [0.15, 0.2) is 0 Å². The molecule has 96 valence electrons. The molecule has 0 radical (unpaired) electrons. The lowest BCUT2D eigenvalue weighted by molar-refractivity contribution is 0.457. The molecule has 0 aliphatic heterocycles. The fourth-order valence-electron chi connectivity index (χ4n) is 1.63. The van der Waals surface area contributed by atoms with E-state index in [1.165, 1.54) is 4.88 Å². The molecule has 0 aliphatic rings. The number of benzene rings is 1. The fourth-order valence-corrected chi connectivity index (χ4v) is 2.83. The molecule has 1 aromatic heterocycles. The Labute approximate surface area is 119 Å². The Hall–Kier alpha value is -0.910. The summed E-state index contributed by atoms with van der Waals surface area (Å²) in [6.45, 7) is 4.74. The van der Waals surface area contributed by atoms with Crippen LogP contribution in [0.4, 0.5) is 0 Å². The van der Waals surface area contributed by atoms with Crippen LogP contribution in [0, 0.1) is 6.92 Å². The van der Waals surface area contributed by atoms with Gasteiger partial charge < -0.3 is 10.4 Å². The van der Waals surface area contributed by atoms with Gasteiger partial charge in [-0.25, -0.2) is 4.98 Å². The molecule has 1 atom stereocenters. The molecule has 0 saturated carbocycles. The molecule has 1 unspecified atom stereocenters. The zero-order valence-corrected chi connectivity index (χ0v) is 12.7. The zero-order valence-electron chi connectivity index (χ0n) is 10.3. The summed E-state index contributed by atoms with van der Waals surface area (Å²) in [6, 6.07) is 5.83. The quantitative estimate of drug-likeness (QED) is 0.898. The van der Waals surface area contributed by atoms with E-state index in [9.17, 15) is 5.11 Å². The first-order chi connectivity index (χ1) is 8.58. The van der Waals surface area contributed by atoms with Crippen LogP contribution in [0.2, 0.25) is 0 Å². The number of aryl methyl sites for hydroxylation is 1. The second-order valence-electron chi connectivity index (χ2n) is 4.16. The van der Waals surface area contributed by atoms with Crippen LogP contribution in [-0.4, -0.2) is 10.1 Å². The van der Waals surface area contributed by atoms with Gasteiger partial charge >= 0.3 is 0 Å². The highest BCUT2D eigenvalue weighted by Gasteiger charge is 2.10. The highest BCUT2D eigenvalue weighted by atomic mass is 79.9. The number of thiazole rings is 1. The summed E-state index contributed by atoms with van der Waals surface area (Å²) in [5, 5.41) is 14.3. The van der Waals surface area contributed by atoms with Crippen LogP contribution in [0.3, 0.4) is 0 Å². The molecule has 0 fully saturated rings. The largest absolute Gasteiger partial charge is 0.506 e. The zero-order chi connectivity index (χ0) is 13.1. The van der Waals surface area contributed by atoms with Crippen molar-refractivity contribution in [2.75, 3.05) is 0 Å². The second kappa shape index (κ2) is 5.82. The summed E-state index contributed by atoms with van der Waals surface area (Å²) in [5.41, 5.74) is 0.879. The van der Waals surface area contributed by atoms with Crippen molar-refractivity contribution in [3.05, 3.63) is 44.3 Å². The van der Waals surface area contributed by atoms with Crippen molar-refractivity contribution in [3.8, 4) is 5.75 Å². The molecule has 1 heterocycles. The van der Waals surface area contributed by atoms with Crippen molar-refractivity contribution >= 4 is 27.3 Å². The van der Waals surface area contributed by atoms with Gasteiger partial charge in [0.25, 0.3) is 0 Å². The number of nitrogens with zero attached hydrogens (tertiary/aromatic N) is 1. The summed E-state index contributed by atoms with van der Waals surface area (Å²) in [6.07, 6.45) is 1.88. The molecule has 3 nitrogen and oxygen atoms in total. The van der Waals surface area contributed by atoms with Crippen LogP contribution in [0.1, 0.15) is 28.4 Å². The van der Waals surface area contributed by atoms with Gasteiger partial charge in [0.05, 0.1) is 10.5 Å². The third-order valence-electron chi connectivity index (χ3n) is 2.68. The minimum atomic E-state index is 0.182. The monoisotopic (exact) mass is 326 g/mol. The van der Waals surface area contributed by atoms with Crippen molar-refractivity contribution in [2.24, 2.45) is 0 Å². The van der Waals surface area contributed by atoms with E-state index in [0.717, 1.165) is 15.0 Å². The van der Waals surface area contributed by atoms with Gasteiger partial charge in [-0.05, 0) is 35.8 Å². The average molecular weight is 327 g/mol. The molecule has 0 aliphatic carbocycles. The summed E-state index contributed by atoms with van der Waals surface area (Å²) in [7, 11) is 0. The lowest BCUT2D eigenvalue weighted by atomic mass is 10.2. The minimum absolute atomic E-state index is 0.182. The number of phenolic OH excluding ortho intramolecular Hbond substituents is 1. The molecular formula is C13H15BrN2OS. The highest BCUT2D eigenvalue weighted by molar-refractivity contribution is 9.10. The van der Waals surface area contributed by atoms with E-state index in [4.69, 9.17) is 0 Å². The highest BCUT2D eigenvalue weighted by Crippen LogP contribution is 2.28. The van der Waals surface area contributed by atoms with E-state index in [-0.39, 0.29) is 6.04 Å². The van der Waals surface area contributed by atoms with E-state index < -0.39 is 0 Å². The van der Waals surface area contributed by atoms with Crippen LogP contribution >= 0.6 is 27.3 Å². The molecule has 5 heteroatoms. The smallest absolute Gasteiger partial charge is 0.134 e. The van der Waals surface area contributed by atoms with Gasteiger partial charge in [-0.3, -0.25) is 0 Å². The molecule has 0 saturated heterocycles. The number of phenols is 1. The first kappa shape index (κ1) is 13.5. The standard InChI is InChI=1S/C13H15BrN2OS/c1-8-6-16-13(18-8)9(2)15-7-10-4-3-5-11(14)12(10)17/h3-6,9,15,17H,7H2,1-2H3. The molecular weight excluding hydrogens is 312 g/mol. The Morgan fingerprint density at radius 1 is 1.50 bits per heavy atom. The predicted molar refractivity (Wildman–Crippen MR) is 77.9 cm³/mol. The van der Waals surface area contributed by atoms with Crippen molar-refractivity contribution in [1.82, 2.24) is 10.3 Å². The van der Waals surface area contributed by atoms with E-state index in [1.807, 2.05) is 31.3 Å². The summed E-state index contributed by atoms with van der Waals surface area (Å²) < 4.78 is 0.722. The van der Waals surface area contributed by atoms with Gasteiger partial charge in [0.1, 0.15) is 10.8 Å². The van der Waals surface area contributed by atoms with E-state index >= 15 is 0 Å². The van der Waals surface area contributed by atoms with Crippen molar-refractivity contribution in [3.63, 3.8) is 0 Å². The molecule has 0 spiro atoms. The first-order valence-electron chi connectivity index (χ1n) is 5.70. The van der Waals surface area contributed by atoms with Crippen LogP contribution in [0.25, 0.3) is 0 Å². The number of halogens is 1. The Morgan fingerprint density at radius 3 is 2.94 bits per heavy atom. The predicted octanol–water partition coefficient (Wildman–Crippen LogP) is 3.77. The van der Waals surface area contributed by atoms with Crippen molar-refractivity contribution < 1.29 is 5.11 Å². The number of para-hydroxylation sites is 1. The number of aromatic hydroxyl groups is 1. The molecule has 0 bridgehead atoms. The maximum absolute atomic E-state index is 9.89. The van der Waals surface area contributed by atoms with Gasteiger partial charge in [-0.2, -0.15) is 0 Å². The van der Waals surface area contributed by atoms with Gasteiger partial charge in [0.2, 0.25) is 0 Å². The summed E-state index contributed by atoms with van der Waals surface area (Å²) in [5.74, 6) is 0.299. The third kappa shape index (κ3) is 3.10. The lowest BCUT2D eigenvalue weighted by Gasteiger charge is -2.12. The summed E-state index contributed by atoms with van der Waals surface area (Å²) >= 11 is 5.01. The number of hydrogen-bond acceptors (Lipinski definition) is 4. The maximum atomic E-state index is 9.89. The molecule has 1 aromatic carbocycles. The SMILES string of the molecule is Cc1cnc(C(C)NCc2cccc(Br)c2O)s1. The Kier molecular flexibility index (Phi) is 4.37. The van der Waals surface area contributed by atoms with Crippen LogP contribution in [0.5, 0.6) is 5.75 Å². The second-order valence-corrected chi connectivity index (χ2v) is 6.28. The Balaban J connectivity index is 2.01. The van der Waals surface area contributed by atoms with E-state index in [1.54, 1.807) is 11.3 Å². The molecule has 2 aromatic rings. The molecule has 0 amide bonds. The van der Waals surface area contributed by atoms with Crippen molar-refractivity contribution in [1.29, 1.82) is 0 Å². The van der Waals surface area contributed by atoms with Crippen LogP contribution in [0.15, 0.2) is 28.9 Å². The lowest BCUT2D eigenvalue weighted by Crippen LogP contribution is -2.17. The van der Waals surface area contributed by atoms with Crippen molar-refractivity contribution in [2.45, 2.75) is 26.4 Å². The van der Waals surface area contributed by atoms with Gasteiger partial charge in [-0.1, -0.05) is 12.1 Å². The first-order valence-corrected chi connectivity index (χ1v) is 7.31. The third-order valence-corrected chi connectivity index (χ3v) is 4.41. The molecule has 18 heavy (non-hydrogen) atoms. The van der Waals surface area contributed by atoms with E-state index in [2.05, 4.69) is 33.2 Å².